The molecule has 2 aliphatic rings. The Labute approximate surface area is 194 Å². The second-order valence-corrected chi connectivity index (χ2v) is 8.15. The van der Waals surface area contributed by atoms with Gasteiger partial charge in [-0.05, 0) is 37.5 Å². The molecule has 1 saturated carbocycles. The van der Waals surface area contributed by atoms with Crippen molar-refractivity contribution in [2.24, 2.45) is 12.0 Å². The summed E-state index contributed by atoms with van der Waals surface area (Å²) in [6, 6.07) is 8.24. The van der Waals surface area contributed by atoms with Gasteiger partial charge in [-0.15, -0.1) is 24.0 Å². The van der Waals surface area contributed by atoms with Crippen molar-refractivity contribution in [1.29, 1.82) is 0 Å². The third-order valence-electron chi connectivity index (χ3n) is 5.64. The lowest BCUT2D eigenvalue weighted by Gasteiger charge is -2.35. The molecule has 1 saturated heterocycles. The van der Waals surface area contributed by atoms with Crippen molar-refractivity contribution in [2.45, 2.75) is 31.3 Å². The number of aryl methyl sites for hydroxylation is 1. The maximum atomic E-state index is 6.06. The van der Waals surface area contributed by atoms with E-state index in [1.165, 1.54) is 18.4 Å². The molecule has 0 radical (unpaired) electrons. The first-order valence-corrected chi connectivity index (χ1v) is 10.4. The first kappa shape index (κ1) is 22.4. The highest BCUT2D eigenvalue weighted by Gasteiger charge is 2.44. The van der Waals surface area contributed by atoms with Crippen LogP contribution >= 0.6 is 35.6 Å². The standard InChI is InChI=1S/C21H28ClN5O.HI/c1-3-23-20(24-15-21(8-9-21)17-4-6-18(22)7-5-17)27-10-11-28-19(14-27)16-12-25-26(2)13-16;/h4-7,12-13,19H,3,8-11,14-15H2,1-2H3,(H,23,24);1H. The molecule has 1 N–H and O–H groups in total. The van der Waals surface area contributed by atoms with Crippen LogP contribution in [0, 0.1) is 0 Å². The van der Waals surface area contributed by atoms with E-state index in [9.17, 15) is 0 Å². The van der Waals surface area contributed by atoms with Crippen molar-refractivity contribution in [2.75, 3.05) is 32.8 Å². The summed E-state index contributed by atoms with van der Waals surface area (Å²) >= 11 is 6.06. The van der Waals surface area contributed by atoms with Crippen molar-refractivity contribution in [3.05, 3.63) is 52.8 Å². The van der Waals surface area contributed by atoms with Gasteiger partial charge in [0.2, 0.25) is 0 Å². The fraction of sp³-hybridized carbons (Fsp3) is 0.524. The molecule has 8 heteroatoms. The van der Waals surface area contributed by atoms with Crippen LogP contribution in [0.25, 0.3) is 0 Å². The molecular weight excluding hydrogens is 501 g/mol. The summed E-state index contributed by atoms with van der Waals surface area (Å²) in [5.41, 5.74) is 2.62. The van der Waals surface area contributed by atoms with Crippen LogP contribution in [0.3, 0.4) is 0 Å². The van der Waals surface area contributed by atoms with Crippen molar-refractivity contribution in [1.82, 2.24) is 20.0 Å². The number of aliphatic imine (C=N–C) groups is 1. The minimum absolute atomic E-state index is 0. The normalized spacial score (nSPS) is 20.9. The van der Waals surface area contributed by atoms with Crippen LogP contribution in [0.4, 0.5) is 0 Å². The number of aromatic nitrogens is 2. The molecule has 6 nitrogen and oxygen atoms in total. The lowest BCUT2D eigenvalue weighted by molar-refractivity contribution is -0.00805. The van der Waals surface area contributed by atoms with Crippen LogP contribution in [0.1, 0.15) is 37.0 Å². The maximum absolute atomic E-state index is 6.06. The van der Waals surface area contributed by atoms with E-state index in [0.717, 1.165) is 42.7 Å². The predicted octanol–water partition coefficient (Wildman–Crippen LogP) is 3.76. The van der Waals surface area contributed by atoms with Gasteiger partial charge in [-0.1, -0.05) is 23.7 Å². The Morgan fingerprint density at radius 1 is 1.34 bits per heavy atom. The third kappa shape index (κ3) is 5.24. The van der Waals surface area contributed by atoms with Gasteiger partial charge in [0.05, 0.1) is 25.9 Å². The molecule has 0 bridgehead atoms. The highest BCUT2D eigenvalue weighted by molar-refractivity contribution is 14.0. The molecule has 158 valence electrons. The molecule has 2 heterocycles. The SMILES string of the molecule is CCNC(=NCC1(c2ccc(Cl)cc2)CC1)N1CCOC(c2cnn(C)c2)C1.I. The Hall–Kier alpha value is -1.32. The minimum Gasteiger partial charge on any atom is -0.370 e. The summed E-state index contributed by atoms with van der Waals surface area (Å²) in [6.07, 6.45) is 6.30. The number of ether oxygens (including phenoxy) is 1. The average Bonchev–Trinajstić information content (AvgIpc) is 3.38. The largest absolute Gasteiger partial charge is 0.370 e. The van der Waals surface area contributed by atoms with Crippen LogP contribution in [-0.4, -0.2) is 53.4 Å². The van der Waals surface area contributed by atoms with Gasteiger partial charge in [-0.25, -0.2) is 0 Å². The fourth-order valence-electron chi connectivity index (χ4n) is 3.79. The molecular formula is C21H29ClIN5O. The van der Waals surface area contributed by atoms with Crippen molar-refractivity contribution in [3.8, 4) is 0 Å². The molecule has 1 atom stereocenters. The number of hydrogen-bond acceptors (Lipinski definition) is 3. The predicted molar refractivity (Wildman–Crippen MR) is 127 cm³/mol. The van der Waals surface area contributed by atoms with Gasteiger partial charge in [-0.2, -0.15) is 5.10 Å². The highest BCUT2D eigenvalue weighted by Crippen LogP contribution is 2.48. The Kier molecular flexibility index (Phi) is 7.45. The topological polar surface area (TPSA) is 54.7 Å². The van der Waals surface area contributed by atoms with Gasteiger partial charge in [0, 0.05) is 42.3 Å². The first-order chi connectivity index (χ1) is 13.6. The highest BCUT2D eigenvalue weighted by atomic mass is 127. The Morgan fingerprint density at radius 2 is 2.10 bits per heavy atom. The van der Waals surface area contributed by atoms with Crippen molar-refractivity contribution >= 4 is 41.5 Å². The smallest absolute Gasteiger partial charge is 0.194 e. The molecule has 0 spiro atoms. The van der Waals surface area contributed by atoms with E-state index in [2.05, 4.69) is 34.4 Å². The zero-order valence-electron chi connectivity index (χ0n) is 17.0. The van der Waals surface area contributed by atoms with E-state index in [0.29, 0.717) is 6.61 Å². The zero-order chi connectivity index (χ0) is 19.6. The van der Waals surface area contributed by atoms with E-state index >= 15 is 0 Å². The molecule has 0 amide bonds. The Balaban J connectivity index is 0.00000240. The minimum atomic E-state index is 0. The number of benzene rings is 1. The lowest BCUT2D eigenvalue weighted by Crippen LogP contribution is -2.48. The van der Waals surface area contributed by atoms with Crippen LogP contribution in [0.2, 0.25) is 5.02 Å². The third-order valence-corrected chi connectivity index (χ3v) is 5.89. The monoisotopic (exact) mass is 529 g/mol. The summed E-state index contributed by atoms with van der Waals surface area (Å²) in [7, 11) is 1.93. The first-order valence-electron chi connectivity index (χ1n) is 9.99. The summed E-state index contributed by atoms with van der Waals surface area (Å²) in [4.78, 5) is 7.33. The Bertz CT molecular complexity index is 834. The molecule has 1 aromatic heterocycles. The molecule has 2 aromatic rings. The molecule has 29 heavy (non-hydrogen) atoms. The number of morpholine rings is 1. The van der Waals surface area contributed by atoms with Crippen LogP contribution in [0.5, 0.6) is 0 Å². The summed E-state index contributed by atoms with van der Waals surface area (Å²) < 4.78 is 7.80. The lowest BCUT2D eigenvalue weighted by atomic mass is 9.96. The van der Waals surface area contributed by atoms with E-state index in [-0.39, 0.29) is 35.5 Å². The van der Waals surface area contributed by atoms with E-state index in [1.54, 1.807) is 0 Å². The molecule has 1 unspecified atom stereocenters. The average molecular weight is 530 g/mol. The van der Waals surface area contributed by atoms with Gasteiger partial charge in [-0.3, -0.25) is 9.67 Å². The molecule has 1 aliphatic carbocycles. The summed E-state index contributed by atoms with van der Waals surface area (Å²) in [6.45, 7) is 6.07. The second kappa shape index (κ2) is 9.66. The van der Waals surface area contributed by atoms with Gasteiger partial charge >= 0.3 is 0 Å². The maximum Gasteiger partial charge on any atom is 0.194 e. The summed E-state index contributed by atoms with van der Waals surface area (Å²) in [5.74, 6) is 0.972. The van der Waals surface area contributed by atoms with Gasteiger partial charge in [0.1, 0.15) is 6.10 Å². The quantitative estimate of drug-likeness (QED) is 0.364. The number of halogens is 2. The van der Waals surface area contributed by atoms with Gasteiger partial charge < -0.3 is 15.0 Å². The van der Waals surface area contributed by atoms with E-state index < -0.39 is 0 Å². The van der Waals surface area contributed by atoms with E-state index in [4.69, 9.17) is 21.3 Å². The zero-order valence-corrected chi connectivity index (χ0v) is 20.1. The van der Waals surface area contributed by atoms with E-state index in [1.807, 2.05) is 36.3 Å². The number of nitrogens with one attached hydrogen (secondary N) is 1. The number of rotatable bonds is 5. The molecule has 2 fully saturated rings. The molecule has 1 aliphatic heterocycles. The van der Waals surface area contributed by atoms with Gasteiger partial charge in [0.15, 0.2) is 5.96 Å². The van der Waals surface area contributed by atoms with Crippen LogP contribution in [-0.2, 0) is 17.2 Å². The second-order valence-electron chi connectivity index (χ2n) is 7.71. The number of nitrogens with zero attached hydrogens (tertiary/aromatic N) is 4. The number of guanidine groups is 1. The number of hydrogen-bond donors (Lipinski definition) is 1. The van der Waals surface area contributed by atoms with Crippen molar-refractivity contribution < 1.29 is 4.74 Å². The molecule has 4 rings (SSSR count). The molecule has 1 aromatic carbocycles. The Morgan fingerprint density at radius 3 is 2.72 bits per heavy atom. The van der Waals surface area contributed by atoms with Crippen LogP contribution < -0.4 is 5.32 Å². The van der Waals surface area contributed by atoms with Gasteiger partial charge in [0.25, 0.3) is 0 Å². The summed E-state index contributed by atoms with van der Waals surface area (Å²) in [5, 5.41) is 8.53. The van der Waals surface area contributed by atoms with Crippen molar-refractivity contribution in [3.63, 3.8) is 0 Å². The fourth-order valence-corrected chi connectivity index (χ4v) is 3.92. The van der Waals surface area contributed by atoms with Crippen LogP contribution in [0.15, 0.2) is 41.7 Å².